The molecule has 2 aromatic rings. The van der Waals surface area contributed by atoms with Gasteiger partial charge in [-0.05, 0) is 35.4 Å². The smallest absolute Gasteiger partial charge is 0.309 e. The molecule has 1 aliphatic heterocycles. The van der Waals surface area contributed by atoms with Crippen molar-refractivity contribution >= 4 is 17.5 Å². The first-order valence-electron chi connectivity index (χ1n) is 10.3. The third kappa shape index (κ3) is 6.50. The van der Waals surface area contributed by atoms with Gasteiger partial charge >= 0.3 is 11.8 Å². The second-order valence-electron chi connectivity index (χ2n) is 7.67. The second kappa shape index (κ2) is 10.9. The summed E-state index contributed by atoms with van der Waals surface area (Å²) in [5, 5.41) is 5.33. The molecule has 1 fully saturated rings. The third-order valence-corrected chi connectivity index (χ3v) is 5.31. The average Bonchev–Trinajstić information content (AvgIpc) is 2.79. The molecule has 8 heteroatoms. The fraction of sp³-hybridized carbons (Fsp3) is 0.391. The van der Waals surface area contributed by atoms with Crippen molar-refractivity contribution < 1.29 is 18.7 Å². The molecule has 166 valence electrons. The monoisotopic (exact) mass is 428 g/mol. The zero-order valence-corrected chi connectivity index (χ0v) is 17.9. The Labute approximate surface area is 182 Å². The highest BCUT2D eigenvalue weighted by Crippen LogP contribution is 2.23. The predicted octanol–water partition coefficient (Wildman–Crippen LogP) is 1.70. The lowest BCUT2D eigenvalue weighted by Gasteiger charge is -2.35. The van der Waals surface area contributed by atoms with Gasteiger partial charge in [0.2, 0.25) is 0 Å². The van der Waals surface area contributed by atoms with E-state index in [1.165, 1.54) is 12.1 Å². The van der Waals surface area contributed by atoms with Crippen molar-refractivity contribution in [2.45, 2.75) is 12.6 Å². The molecule has 0 saturated carbocycles. The lowest BCUT2D eigenvalue weighted by atomic mass is 10.0. The molecule has 0 aromatic heterocycles. The van der Waals surface area contributed by atoms with Gasteiger partial charge in [0.15, 0.2) is 0 Å². The molecule has 2 amide bonds. The molecule has 1 atom stereocenters. The minimum Gasteiger partial charge on any atom is -0.379 e. The van der Waals surface area contributed by atoms with E-state index in [0.29, 0.717) is 19.8 Å². The van der Waals surface area contributed by atoms with E-state index >= 15 is 0 Å². The van der Waals surface area contributed by atoms with Crippen LogP contribution in [0, 0.1) is 5.82 Å². The quantitative estimate of drug-likeness (QED) is 0.657. The molecule has 2 N–H and O–H groups in total. The summed E-state index contributed by atoms with van der Waals surface area (Å²) in [5.41, 5.74) is 2.88. The van der Waals surface area contributed by atoms with Crippen molar-refractivity contribution in [3.05, 3.63) is 65.5 Å². The Morgan fingerprint density at radius 1 is 1.00 bits per heavy atom. The fourth-order valence-corrected chi connectivity index (χ4v) is 3.48. The number of carbonyl (C=O) groups is 2. The summed E-state index contributed by atoms with van der Waals surface area (Å²) in [7, 11) is 3.97. The number of nitrogens with one attached hydrogen (secondary N) is 2. The van der Waals surface area contributed by atoms with Gasteiger partial charge in [0.05, 0.1) is 19.3 Å². The average molecular weight is 429 g/mol. The first-order chi connectivity index (χ1) is 14.9. The maximum absolute atomic E-state index is 13.0. The van der Waals surface area contributed by atoms with Crippen LogP contribution in [0.5, 0.6) is 0 Å². The standard InChI is InChI=1S/C23H29FN4O3/c1-27(2)20-9-5-18(6-10-20)21(28-11-13-31-14-12-28)16-26-23(30)22(29)25-15-17-3-7-19(24)8-4-17/h3-10,21H,11-16H2,1-2H3,(H,25,29)(H,26,30)/t21-/m0/s1. The number of hydrogen-bond donors (Lipinski definition) is 2. The van der Waals surface area contributed by atoms with Gasteiger partial charge in [0, 0.05) is 46.0 Å². The zero-order valence-electron chi connectivity index (χ0n) is 17.9. The summed E-state index contributed by atoms with van der Waals surface area (Å²) < 4.78 is 18.4. The third-order valence-electron chi connectivity index (χ3n) is 5.31. The van der Waals surface area contributed by atoms with Crippen LogP contribution >= 0.6 is 0 Å². The van der Waals surface area contributed by atoms with Crippen molar-refractivity contribution in [3.8, 4) is 0 Å². The predicted molar refractivity (Wildman–Crippen MR) is 117 cm³/mol. The van der Waals surface area contributed by atoms with Crippen molar-refractivity contribution in [3.63, 3.8) is 0 Å². The number of morpholine rings is 1. The van der Waals surface area contributed by atoms with E-state index in [1.807, 2.05) is 31.1 Å². The number of hydrogen-bond acceptors (Lipinski definition) is 5. The van der Waals surface area contributed by atoms with Gasteiger partial charge in [-0.1, -0.05) is 24.3 Å². The number of benzene rings is 2. The molecular weight excluding hydrogens is 399 g/mol. The van der Waals surface area contributed by atoms with E-state index in [9.17, 15) is 14.0 Å². The fourth-order valence-electron chi connectivity index (χ4n) is 3.48. The highest BCUT2D eigenvalue weighted by molar-refractivity contribution is 6.35. The first kappa shape index (κ1) is 22.7. The molecule has 1 aliphatic rings. The number of nitrogens with zero attached hydrogens (tertiary/aromatic N) is 2. The molecule has 7 nitrogen and oxygen atoms in total. The van der Waals surface area contributed by atoms with Crippen LogP contribution in [0.2, 0.25) is 0 Å². The minimum atomic E-state index is -0.715. The van der Waals surface area contributed by atoms with Crippen LogP contribution in [0.1, 0.15) is 17.2 Å². The molecule has 31 heavy (non-hydrogen) atoms. The molecule has 0 unspecified atom stereocenters. The number of carbonyl (C=O) groups excluding carboxylic acids is 2. The van der Waals surface area contributed by atoms with Gasteiger partial charge in [0.1, 0.15) is 5.82 Å². The number of halogens is 1. The molecule has 0 radical (unpaired) electrons. The van der Waals surface area contributed by atoms with Crippen LogP contribution in [0.4, 0.5) is 10.1 Å². The Balaban J connectivity index is 1.60. The highest BCUT2D eigenvalue weighted by Gasteiger charge is 2.24. The minimum absolute atomic E-state index is 0.0611. The van der Waals surface area contributed by atoms with Crippen LogP contribution in [0.25, 0.3) is 0 Å². The zero-order chi connectivity index (χ0) is 22.2. The summed E-state index contributed by atoms with van der Waals surface area (Å²) in [6, 6.07) is 13.9. The molecule has 0 spiro atoms. The summed E-state index contributed by atoms with van der Waals surface area (Å²) in [6.45, 7) is 3.26. The Morgan fingerprint density at radius 3 is 2.23 bits per heavy atom. The molecule has 3 rings (SSSR count). The maximum atomic E-state index is 13.0. The lowest BCUT2D eigenvalue weighted by Crippen LogP contribution is -2.46. The van der Waals surface area contributed by atoms with E-state index in [-0.39, 0.29) is 18.4 Å². The number of amides is 2. The van der Waals surface area contributed by atoms with E-state index in [1.54, 1.807) is 12.1 Å². The van der Waals surface area contributed by atoms with E-state index in [2.05, 4.69) is 27.7 Å². The van der Waals surface area contributed by atoms with Gasteiger partial charge in [-0.2, -0.15) is 0 Å². The largest absolute Gasteiger partial charge is 0.379 e. The van der Waals surface area contributed by atoms with Crippen molar-refractivity contribution in [2.24, 2.45) is 0 Å². The van der Waals surface area contributed by atoms with Crippen LogP contribution in [-0.4, -0.2) is 63.7 Å². The van der Waals surface area contributed by atoms with Gasteiger partial charge in [-0.3, -0.25) is 14.5 Å². The van der Waals surface area contributed by atoms with E-state index in [4.69, 9.17) is 4.74 Å². The second-order valence-corrected chi connectivity index (χ2v) is 7.67. The Morgan fingerprint density at radius 2 is 1.61 bits per heavy atom. The van der Waals surface area contributed by atoms with Crippen LogP contribution in [-0.2, 0) is 20.9 Å². The number of anilines is 1. The van der Waals surface area contributed by atoms with Gasteiger partial charge in [0.25, 0.3) is 0 Å². The molecule has 0 aliphatic carbocycles. The van der Waals surface area contributed by atoms with E-state index < -0.39 is 11.8 Å². The molecule has 2 aromatic carbocycles. The summed E-state index contributed by atoms with van der Waals surface area (Å²) in [5.74, 6) is -1.75. The molecule has 1 heterocycles. The Hall–Kier alpha value is -2.97. The van der Waals surface area contributed by atoms with Crippen LogP contribution in [0.15, 0.2) is 48.5 Å². The van der Waals surface area contributed by atoms with Crippen molar-refractivity contribution in [1.29, 1.82) is 0 Å². The van der Waals surface area contributed by atoms with Crippen molar-refractivity contribution in [1.82, 2.24) is 15.5 Å². The molecule has 1 saturated heterocycles. The highest BCUT2D eigenvalue weighted by atomic mass is 19.1. The van der Waals surface area contributed by atoms with Gasteiger partial charge in [-0.25, -0.2) is 4.39 Å². The summed E-state index contributed by atoms with van der Waals surface area (Å²) in [4.78, 5) is 28.8. The Bertz CT molecular complexity index is 865. The van der Waals surface area contributed by atoms with Crippen LogP contribution in [0.3, 0.4) is 0 Å². The summed E-state index contributed by atoms with van der Waals surface area (Å²) >= 11 is 0. The molecule has 0 bridgehead atoms. The molecular formula is C23H29FN4O3. The van der Waals surface area contributed by atoms with E-state index in [0.717, 1.165) is 29.9 Å². The first-order valence-corrected chi connectivity index (χ1v) is 10.3. The SMILES string of the molecule is CN(C)c1ccc([C@H](CNC(=O)C(=O)NCc2ccc(F)cc2)N2CCOCC2)cc1. The topological polar surface area (TPSA) is 73.9 Å². The maximum Gasteiger partial charge on any atom is 0.309 e. The lowest BCUT2D eigenvalue weighted by molar-refractivity contribution is -0.139. The summed E-state index contributed by atoms with van der Waals surface area (Å²) in [6.07, 6.45) is 0. The number of rotatable bonds is 7. The number of ether oxygens (including phenoxy) is 1. The van der Waals surface area contributed by atoms with Gasteiger partial charge < -0.3 is 20.3 Å². The van der Waals surface area contributed by atoms with Crippen LogP contribution < -0.4 is 15.5 Å². The van der Waals surface area contributed by atoms with Crippen molar-refractivity contribution in [2.75, 3.05) is 51.8 Å². The van der Waals surface area contributed by atoms with Gasteiger partial charge in [-0.15, -0.1) is 0 Å². The Kier molecular flexibility index (Phi) is 7.97. The normalized spacial score (nSPS) is 15.2.